The van der Waals surface area contributed by atoms with E-state index in [9.17, 15) is 0 Å². The number of aryl methyl sites for hydroxylation is 1. The summed E-state index contributed by atoms with van der Waals surface area (Å²) in [5, 5.41) is 0.689. The molecule has 1 aromatic carbocycles. The molecule has 1 N–H and O–H groups in total. The Bertz CT molecular complexity index is 806. The molecule has 0 unspecified atom stereocenters. The molecule has 96 valence electrons. The maximum absolute atomic E-state index is 5.98. The number of aromatic nitrogens is 4. The van der Waals surface area contributed by atoms with Gasteiger partial charge in [-0.15, -0.1) is 0 Å². The van der Waals surface area contributed by atoms with E-state index < -0.39 is 0 Å². The molecule has 0 atom stereocenters. The van der Waals surface area contributed by atoms with Crippen LogP contribution in [0.3, 0.4) is 0 Å². The zero-order chi connectivity index (χ0) is 13.4. The van der Waals surface area contributed by atoms with Crippen LogP contribution >= 0.6 is 23.8 Å². The number of hydrogen-bond acceptors (Lipinski definition) is 3. The number of imidazole rings is 1. The van der Waals surface area contributed by atoms with Gasteiger partial charge in [0, 0.05) is 11.2 Å². The summed E-state index contributed by atoms with van der Waals surface area (Å²) < 4.78 is 2.66. The van der Waals surface area contributed by atoms with Crippen molar-refractivity contribution in [2.75, 3.05) is 0 Å². The van der Waals surface area contributed by atoms with Gasteiger partial charge in [-0.05, 0) is 43.4 Å². The Morgan fingerprint density at radius 3 is 3.00 bits per heavy atom. The third-order valence-corrected chi connectivity index (χ3v) is 3.45. The highest BCUT2D eigenvalue weighted by molar-refractivity contribution is 7.71. The Labute approximate surface area is 120 Å². The highest BCUT2D eigenvalue weighted by Gasteiger charge is 2.06. The Hall–Kier alpha value is -1.72. The maximum atomic E-state index is 5.98. The minimum atomic E-state index is 0.615. The highest BCUT2D eigenvalue weighted by atomic mass is 35.5. The first-order valence-electron chi connectivity index (χ1n) is 5.80. The van der Waals surface area contributed by atoms with Gasteiger partial charge in [0.05, 0.1) is 23.3 Å². The number of fused-ring (bicyclic) bond motifs is 1. The van der Waals surface area contributed by atoms with E-state index in [4.69, 9.17) is 23.8 Å². The van der Waals surface area contributed by atoms with Crippen molar-refractivity contribution < 1.29 is 0 Å². The summed E-state index contributed by atoms with van der Waals surface area (Å²) in [4.78, 5) is 11.6. The molecule has 0 saturated heterocycles. The van der Waals surface area contributed by atoms with Gasteiger partial charge >= 0.3 is 0 Å². The van der Waals surface area contributed by atoms with E-state index in [1.165, 1.54) is 0 Å². The zero-order valence-corrected chi connectivity index (χ0v) is 11.8. The quantitative estimate of drug-likeness (QED) is 0.735. The van der Waals surface area contributed by atoms with Gasteiger partial charge in [-0.1, -0.05) is 11.6 Å². The predicted octanol–water partition coefficient (Wildman–Crippen LogP) is 3.50. The van der Waals surface area contributed by atoms with E-state index in [0.717, 1.165) is 22.6 Å². The van der Waals surface area contributed by atoms with Crippen LogP contribution in [0.5, 0.6) is 0 Å². The molecular weight excluding hydrogens is 280 g/mol. The average molecular weight is 291 g/mol. The first kappa shape index (κ1) is 12.3. The normalized spacial score (nSPS) is 11.1. The van der Waals surface area contributed by atoms with Gasteiger partial charge in [0.25, 0.3) is 0 Å². The van der Waals surface area contributed by atoms with Crippen LogP contribution < -0.4 is 0 Å². The second-order valence-electron chi connectivity index (χ2n) is 4.27. The number of nitrogens with zero attached hydrogens (tertiary/aromatic N) is 3. The second-order valence-corrected chi connectivity index (χ2v) is 5.10. The molecule has 3 rings (SSSR count). The Morgan fingerprint density at radius 2 is 2.21 bits per heavy atom. The number of H-pyrrole nitrogens is 1. The Morgan fingerprint density at radius 1 is 1.37 bits per heavy atom. The van der Waals surface area contributed by atoms with Gasteiger partial charge in [0.15, 0.2) is 4.77 Å². The fraction of sp³-hybridized carbons (Fsp3) is 0.154. The van der Waals surface area contributed by atoms with Gasteiger partial charge in [-0.2, -0.15) is 0 Å². The Balaban J connectivity index is 2.10. The summed E-state index contributed by atoms with van der Waals surface area (Å²) in [5.74, 6) is 0.756. The van der Waals surface area contributed by atoms with E-state index in [-0.39, 0.29) is 0 Å². The molecule has 4 nitrogen and oxygen atoms in total. The van der Waals surface area contributed by atoms with Crippen molar-refractivity contribution in [1.82, 2.24) is 19.5 Å². The second kappa shape index (κ2) is 4.75. The standard InChI is InChI=1S/C13H11ClN4S/c1-8-15-5-4-10(16-8)7-18-12-3-2-9(14)6-11(12)17-13(18)19/h2-6H,7H2,1H3,(H,17,19). The molecule has 0 fully saturated rings. The minimum absolute atomic E-state index is 0.615. The number of aromatic amines is 1. The summed E-state index contributed by atoms with van der Waals surface area (Å²) in [5.41, 5.74) is 2.88. The third-order valence-electron chi connectivity index (χ3n) is 2.89. The molecule has 0 aliphatic rings. The molecule has 0 amide bonds. The summed E-state index contributed by atoms with van der Waals surface area (Å²) in [6.07, 6.45) is 1.76. The van der Waals surface area contributed by atoms with E-state index >= 15 is 0 Å². The van der Waals surface area contributed by atoms with E-state index in [0.29, 0.717) is 16.3 Å². The van der Waals surface area contributed by atoms with Crippen LogP contribution in [0.15, 0.2) is 30.5 Å². The molecule has 3 aromatic rings. The maximum Gasteiger partial charge on any atom is 0.178 e. The van der Waals surface area contributed by atoms with Gasteiger partial charge in [0.1, 0.15) is 5.82 Å². The van der Waals surface area contributed by atoms with E-state index in [2.05, 4.69) is 15.0 Å². The van der Waals surface area contributed by atoms with Crippen LogP contribution in [0.2, 0.25) is 5.02 Å². The fourth-order valence-corrected chi connectivity index (χ4v) is 2.49. The monoisotopic (exact) mass is 290 g/mol. The highest BCUT2D eigenvalue weighted by Crippen LogP contribution is 2.19. The molecule has 19 heavy (non-hydrogen) atoms. The molecular formula is C13H11ClN4S. The lowest BCUT2D eigenvalue weighted by molar-refractivity contribution is 0.773. The Kier molecular flexibility index (Phi) is 3.08. The first-order chi connectivity index (χ1) is 9.13. The van der Waals surface area contributed by atoms with Crippen LogP contribution in [-0.2, 0) is 6.54 Å². The van der Waals surface area contributed by atoms with Crippen LogP contribution in [0.1, 0.15) is 11.5 Å². The van der Waals surface area contributed by atoms with Gasteiger partial charge in [-0.25, -0.2) is 9.97 Å². The van der Waals surface area contributed by atoms with Crippen molar-refractivity contribution in [3.63, 3.8) is 0 Å². The van der Waals surface area contributed by atoms with Crippen LogP contribution in [0, 0.1) is 11.7 Å². The minimum Gasteiger partial charge on any atom is -0.331 e. The molecule has 2 heterocycles. The topological polar surface area (TPSA) is 46.5 Å². The van der Waals surface area contributed by atoms with Gasteiger partial charge in [0.2, 0.25) is 0 Å². The molecule has 6 heteroatoms. The summed E-state index contributed by atoms with van der Waals surface area (Å²) in [6.45, 7) is 2.49. The number of benzene rings is 1. The van der Waals surface area contributed by atoms with Crippen molar-refractivity contribution >= 4 is 34.9 Å². The zero-order valence-electron chi connectivity index (χ0n) is 10.2. The van der Waals surface area contributed by atoms with Crippen molar-refractivity contribution in [2.45, 2.75) is 13.5 Å². The van der Waals surface area contributed by atoms with Gasteiger partial charge in [-0.3, -0.25) is 0 Å². The molecule has 0 saturated carbocycles. The fourth-order valence-electron chi connectivity index (χ4n) is 2.05. The molecule has 0 radical (unpaired) electrons. The molecule has 0 aliphatic carbocycles. The lowest BCUT2D eigenvalue weighted by atomic mass is 10.3. The number of nitrogens with one attached hydrogen (secondary N) is 1. The van der Waals surface area contributed by atoms with E-state index in [1.54, 1.807) is 6.20 Å². The summed E-state index contributed by atoms with van der Waals surface area (Å²) in [7, 11) is 0. The van der Waals surface area contributed by atoms with Crippen LogP contribution in [0.25, 0.3) is 11.0 Å². The number of rotatable bonds is 2. The van der Waals surface area contributed by atoms with Crippen molar-refractivity contribution in [3.8, 4) is 0 Å². The van der Waals surface area contributed by atoms with Gasteiger partial charge < -0.3 is 9.55 Å². The average Bonchev–Trinajstić information content (AvgIpc) is 2.65. The summed E-state index contributed by atoms with van der Waals surface area (Å²) in [6, 6.07) is 7.57. The number of hydrogen-bond donors (Lipinski definition) is 1. The SMILES string of the molecule is Cc1nccc(Cn2c(=S)[nH]c3cc(Cl)ccc32)n1. The van der Waals surface area contributed by atoms with Crippen LogP contribution in [-0.4, -0.2) is 19.5 Å². The van der Waals surface area contributed by atoms with Crippen molar-refractivity contribution in [1.29, 1.82) is 0 Å². The lowest BCUT2D eigenvalue weighted by Gasteiger charge is -2.04. The summed E-state index contributed by atoms with van der Waals surface area (Å²) >= 11 is 11.3. The van der Waals surface area contributed by atoms with E-state index in [1.807, 2.05) is 35.8 Å². The molecule has 2 aromatic heterocycles. The first-order valence-corrected chi connectivity index (χ1v) is 6.59. The predicted molar refractivity (Wildman–Crippen MR) is 78.0 cm³/mol. The van der Waals surface area contributed by atoms with Crippen LogP contribution in [0.4, 0.5) is 0 Å². The number of halogens is 1. The van der Waals surface area contributed by atoms with Crippen molar-refractivity contribution in [2.24, 2.45) is 0 Å². The molecule has 0 spiro atoms. The lowest BCUT2D eigenvalue weighted by Crippen LogP contribution is -2.03. The van der Waals surface area contributed by atoms with Crippen molar-refractivity contribution in [3.05, 3.63) is 51.8 Å². The smallest absolute Gasteiger partial charge is 0.178 e. The largest absolute Gasteiger partial charge is 0.331 e. The molecule has 0 bridgehead atoms. The third kappa shape index (κ3) is 2.39. The molecule has 0 aliphatic heterocycles.